The lowest BCUT2D eigenvalue weighted by atomic mass is 10.4. The van der Waals surface area contributed by atoms with E-state index in [0.717, 1.165) is 0 Å². The van der Waals surface area contributed by atoms with Crippen molar-refractivity contribution in [1.82, 2.24) is 14.5 Å². The number of nitrogens with zero attached hydrogens (tertiary/aromatic N) is 4. The minimum Gasteiger partial charge on any atom is -0.358 e. The molecule has 1 fully saturated rings. The van der Waals surface area contributed by atoms with Crippen LogP contribution in [0.1, 0.15) is 12.8 Å². The molecule has 1 saturated heterocycles. The molecule has 0 aromatic carbocycles. The molecule has 2 heterocycles. The van der Waals surface area contributed by atoms with E-state index in [0.29, 0.717) is 6.54 Å². The van der Waals surface area contributed by atoms with Crippen molar-refractivity contribution in [2.75, 3.05) is 6.54 Å². The maximum atomic E-state index is 11.3. The van der Waals surface area contributed by atoms with Gasteiger partial charge in [0, 0.05) is 25.9 Å². The number of likely N-dealkylation sites (tertiary alicyclic amines) is 1. The topological polar surface area (TPSA) is 98.3 Å². The lowest BCUT2D eigenvalue weighted by Crippen LogP contribution is -2.32. The van der Waals surface area contributed by atoms with Gasteiger partial charge in [-0.05, 0) is 9.91 Å². The van der Waals surface area contributed by atoms with Crippen molar-refractivity contribution in [1.29, 1.82) is 0 Å². The average molecular weight is 238 g/mol. The van der Waals surface area contributed by atoms with Crippen molar-refractivity contribution in [3.8, 4) is 0 Å². The van der Waals surface area contributed by atoms with Gasteiger partial charge in [0.25, 0.3) is 0 Å². The number of carbonyl (C=O) groups is 2. The van der Waals surface area contributed by atoms with Crippen LogP contribution >= 0.6 is 0 Å². The summed E-state index contributed by atoms with van der Waals surface area (Å²) in [6, 6.07) is 0. The van der Waals surface area contributed by atoms with Gasteiger partial charge in [-0.2, -0.15) is 0 Å². The van der Waals surface area contributed by atoms with Crippen LogP contribution in [0.4, 0.5) is 5.82 Å². The first kappa shape index (κ1) is 11.2. The molecule has 8 heteroatoms. The van der Waals surface area contributed by atoms with Crippen LogP contribution in [0.15, 0.2) is 12.5 Å². The smallest absolute Gasteiger partial charge is 0.358 e. The third-order valence-corrected chi connectivity index (χ3v) is 2.54. The number of carbonyl (C=O) groups excluding carboxylic acids is 2. The fourth-order valence-corrected chi connectivity index (χ4v) is 1.65. The maximum Gasteiger partial charge on any atom is 0.381 e. The molecular weight excluding hydrogens is 228 g/mol. The van der Waals surface area contributed by atoms with Gasteiger partial charge >= 0.3 is 5.82 Å². The summed E-state index contributed by atoms with van der Waals surface area (Å²) in [5, 5.41) is 10.4. The SMILES string of the molecule is O=C1CCC(=O)N1CCn1cnc([N+](=O)[O-])c1. The monoisotopic (exact) mass is 238 g/mol. The molecule has 8 nitrogen and oxygen atoms in total. The molecule has 1 aliphatic heterocycles. The molecule has 0 spiro atoms. The van der Waals surface area contributed by atoms with E-state index in [1.54, 1.807) is 0 Å². The van der Waals surface area contributed by atoms with Gasteiger partial charge in [-0.3, -0.25) is 14.5 Å². The van der Waals surface area contributed by atoms with E-state index in [-0.39, 0.29) is 37.0 Å². The van der Waals surface area contributed by atoms with E-state index in [1.807, 2.05) is 0 Å². The summed E-state index contributed by atoms with van der Waals surface area (Å²) >= 11 is 0. The Kier molecular flexibility index (Phi) is 2.86. The Balaban J connectivity index is 1.95. The summed E-state index contributed by atoms with van der Waals surface area (Å²) in [6.07, 6.45) is 3.08. The number of amides is 2. The number of rotatable bonds is 4. The number of imidazole rings is 1. The molecule has 1 aromatic heterocycles. The van der Waals surface area contributed by atoms with Crippen LogP contribution in [-0.4, -0.2) is 37.7 Å². The molecule has 0 bridgehead atoms. The van der Waals surface area contributed by atoms with Crippen molar-refractivity contribution in [2.24, 2.45) is 0 Å². The van der Waals surface area contributed by atoms with Gasteiger partial charge in [0.05, 0.1) is 0 Å². The molecule has 0 aliphatic carbocycles. The third-order valence-electron chi connectivity index (χ3n) is 2.54. The summed E-state index contributed by atoms with van der Waals surface area (Å²) < 4.78 is 1.48. The van der Waals surface area contributed by atoms with Crippen molar-refractivity contribution in [2.45, 2.75) is 19.4 Å². The third kappa shape index (κ3) is 2.30. The molecule has 90 valence electrons. The molecule has 2 amide bonds. The molecule has 2 rings (SSSR count). The first-order valence-corrected chi connectivity index (χ1v) is 5.07. The standard InChI is InChI=1S/C9H10N4O4/c14-8-1-2-9(15)12(8)4-3-11-5-7(10-6-11)13(16)17/h5-6H,1-4H2. The summed E-state index contributed by atoms with van der Waals surface area (Å²) in [4.78, 5) is 37.1. The molecule has 0 atom stereocenters. The van der Waals surface area contributed by atoms with Crippen LogP contribution in [-0.2, 0) is 16.1 Å². The zero-order chi connectivity index (χ0) is 12.4. The number of hydrogen-bond donors (Lipinski definition) is 0. The Labute approximate surface area is 96.0 Å². The summed E-state index contributed by atoms with van der Waals surface area (Å²) in [5.74, 6) is -0.627. The van der Waals surface area contributed by atoms with Crippen LogP contribution in [0.25, 0.3) is 0 Å². The molecule has 1 aromatic rings. The minimum atomic E-state index is -0.595. The summed E-state index contributed by atoms with van der Waals surface area (Å²) in [5.41, 5.74) is 0. The second-order valence-corrected chi connectivity index (χ2v) is 3.67. The van der Waals surface area contributed by atoms with E-state index in [2.05, 4.69) is 4.98 Å². The lowest BCUT2D eigenvalue weighted by molar-refractivity contribution is -0.389. The van der Waals surface area contributed by atoms with E-state index >= 15 is 0 Å². The zero-order valence-corrected chi connectivity index (χ0v) is 8.90. The normalized spacial score (nSPS) is 15.6. The van der Waals surface area contributed by atoms with Crippen molar-refractivity contribution < 1.29 is 14.5 Å². The average Bonchev–Trinajstić information content (AvgIpc) is 2.85. The molecule has 17 heavy (non-hydrogen) atoms. The zero-order valence-electron chi connectivity index (χ0n) is 8.90. The van der Waals surface area contributed by atoms with Crippen LogP contribution in [0.5, 0.6) is 0 Å². The molecule has 0 radical (unpaired) electrons. The number of nitro groups is 1. The Morgan fingerprint density at radius 2 is 1.94 bits per heavy atom. The predicted molar refractivity (Wildman–Crippen MR) is 54.8 cm³/mol. The Morgan fingerprint density at radius 1 is 1.29 bits per heavy atom. The quantitative estimate of drug-likeness (QED) is 0.415. The van der Waals surface area contributed by atoms with E-state index in [4.69, 9.17) is 0 Å². The van der Waals surface area contributed by atoms with Crippen LogP contribution in [0, 0.1) is 10.1 Å². The Morgan fingerprint density at radius 3 is 2.47 bits per heavy atom. The van der Waals surface area contributed by atoms with Crippen molar-refractivity contribution >= 4 is 17.6 Å². The highest BCUT2D eigenvalue weighted by molar-refractivity contribution is 6.01. The number of aromatic nitrogens is 2. The van der Waals surface area contributed by atoms with E-state index in [9.17, 15) is 19.7 Å². The van der Waals surface area contributed by atoms with Gasteiger partial charge < -0.3 is 14.7 Å². The second-order valence-electron chi connectivity index (χ2n) is 3.67. The van der Waals surface area contributed by atoms with Crippen LogP contribution < -0.4 is 0 Å². The fourth-order valence-electron chi connectivity index (χ4n) is 1.65. The van der Waals surface area contributed by atoms with Gasteiger partial charge in [0.15, 0.2) is 0 Å². The van der Waals surface area contributed by atoms with Crippen molar-refractivity contribution in [3.63, 3.8) is 0 Å². The number of hydrogen-bond acceptors (Lipinski definition) is 5. The van der Waals surface area contributed by atoms with E-state index in [1.165, 1.54) is 22.0 Å². The van der Waals surface area contributed by atoms with Gasteiger partial charge in [-0.1, -0.05) is 0 Å². The number of imide groups is 1. The molecule has 0 unspecified atom stereocenters. The van der Waals surface area contributed by atoms with Gasteiger partial charge in [0.2, 0.25) is 18.1 Å². The Hall–Kier alpha value is -2.25. The second kappa shape index (κ2) is 4.32. The predicted octanol–water partition coefficient (Wildman–Crippen LogP) is -0.0597. The van der Waals surface area contributed by atoms with Gasteiger partial charge in [0.1, 0.15) is 6.20 Å². The summed E-state index contributed by atoms with van der Waals surface area (Å²) in [6.45, 7) is 0.545. The highest BCUT2D eigenvalue weighted by atomic mass is 16.6. The first-order chi connectivity index (χ1) is 8.08. The van der Waals surface area contributed by atoms with Gasteiger partial charge in [-0.25, -0.2) is 0 Å². The van der Waals surface area contributed by atoms with Crippen LogP contribution in [0.3, 0.4) is 0 Å². The lowest BCUT2D eigenvalue weighted by Gasteiger charge is -2.12. The molecule has 0 saturated carbocycles. The van der Waals surface area contributed by atoms with Crippen LogP contribution in [0.2, 0.25) is 0 Å². The van der Waals surface area contributed by atoms with Crippen molar-refractivity contribution in [3.05, 3.63) is 22.6 Å². The largest absolute Gasteiger partial charge is 0.381 e. The highest BCUT2D eigenvalue weighted by Gasteiger charge is 2.28. The molecule has 1 aliphatic rings. The Bertz CT molecular complexity index is 465. The molecule has 0 N–H and O–H groups in total. The maximum absolute atomic E-state index is 11.3. The first-order valence-electron chi connectivity index (χ1n) is 5.07. The van der Waals surface area contributed by atoms with Gasteiger partial charge in [-0.15, -0.1) is 0 Å². The molecular formula is C9H10N4O4. The minimum absolute atomic E-state index is 0.190. The highest BCUT2D eigenvalue weighted by Crippen LogP contribution is 2.12. The summed E-state index contributed by atoms with van der Waals surface area (Å²) in [7, 11) is 0. The fraction of sp³-hybridized carbons (Fsp3) is 0.444. The van der Waals surface area contributed by atoms with E-state index < -0.39 is 4.92 Å².